The fourth-order valence-corrected chi connectivity index (χ4v) is 5.03. The third-order valence-corrected chi connectivity index (χ3v) is 6.82. The van der Waals surface area contributed by atoms with Gasteiger partial charge in [-0.1, -0.05) is 42.5 Å². The maximum absolute atomic E-state index is 13.4. The van der Waals surface area contributed by atoms with E-state index in [2.05, 4.69) is 23.3 Å². The molecule has 0 saturated heterocycles. The standard InChI is InChI=1S/C26H21F3N2OS/c27-26(28,29)19-7-9-22(24(15-19)31-13-4-12-30-31)21-11-14-32-25-16-20(8-10-23(21)25)33-17-18-5-2-1-3-6-18/h1-10,12-13,15-16,21H,11,14,17H2. The molecule has 0 radical (unpaired) electrons. The van der Waals surface area contributed by atoms with Crippen LogP contribution >= 0.6 is 11.8 Å². The van der Waals surface area contributed by atoms with Crippen LogP contribution < -0.4 is 4.74 Å². The van der Waals surface area contributed by atoms with E-state index in [0.29, 0.717) is 18.7 Å². The lowest BCUT2D eigenvalue weighted by atomic mass is 9.85. The van der Waals surface area contributed by atoms with Gasteiger partial charge in [0, 0.05) is 34.5 Å². The van der Waals surface area contributed by atoms with Gasteiger partial charge in [-0.25, -0.2) is 4.68 Å². The maximum Gasteiger partial charge on any atom is 0.416 e. The average molecular weight is 467 g/mol. The van der Waals surface area contributed by atoms with Gasteiger partial charge in [-0.2, -0.15) is 18.3 Å². The monoisotopic (exact) mass is 466 g/mol. The Kier molecular flexibility index (Phi) is 5.89. The molecule has 4 aromatic rings. The number of hydrogen-bond acceptors (Lipinski definition) is 3. The highest BCUT2D eigenvalue weighted by Crippen LogP contribution is 2.43. The van der Waals surface area contributed by atoms with Gasteiger partial charge in [0.05, 0.1) is 17.9 Å². The minimum absolute atomic E-state index is 0.0802. The van der Waals surface area contributed by atoms with Gasteiger partial charge >= 0.3 is 6.18 Å². The summed E-state index contributed by atoms with van der Waals surface area (Å²) in [6, 6.07) is 22.0. The number of rotatable bonds is 5. The van der Waals surface area contributed by atoms with Crippen LogP contribution in [0.2, 0.25) is 0 Å². The maximum atomic E-state index is 13.4. The van der Waals surface area contributed by atoms with Gasteiger partial charge < -0.3 is 4.74 Å². The molecule has 1 unspecified atom stereocenters. The van der Waals surface area contributed by atoms with Crippen molar-refractivity contribution in [2.75, 3.05) is 6.61 Å². The number of fused-ring (bicyclic) bond motifs is 1. The van der Waals surface area contributed by atoms with Crippen molar-refractivity contribution < 1.29 is 17.9 Å². The fourth-order valence-electron chi connectivity index (χ4n) is 4.15. The van der Waals surface area contributed by atoms with Crippen LogP contribution in [-0.4, -0.2) is 16.4 Å². The van der Waals surface area contributed by atoms with Crippen LogP contribution in [0.4, 0.5) is 13.2 Å². The Balaban J connectivity index is 1.48. The van der Waals surface area contributed by atoms with Gasteiger partial charge in [0.25, 0.3) is 0 Å². The van der Waals surface area contributed by atoms with Gasteiger partial charge in [0.2, 0.25) is 0 Å². The summed E-state index contributed by atoms with van der Waals surface area (Å²) in [7, 11) is 0. The van der Waals surface area contributed by atoms with Crippen LogP contribution in [-0.2, 0) is 11.9 Å². The number of alkyl halides is 3. The Labute approximate surface area is 194 Å². The molecule has 0 fully saturated rings. The predicted octanol–water partition coefficient (Wildman–Crippen LogP) is 7.10. The van der Waals surface area contributed by atoms with Crippen LogP contribution in [0.1, 0.15) is 34.6 Å². The topological polar surface area (TPSA) is 27.1 Å². The number of thioether (sulfide) groups is 1. The third kappa shape index (κ3) is 4.64. The second-order valence-corrected chi connectivity index (χ2v) is 8.93. The Morgan fingerprint density at radius 1 is 0.970 bits per heavy atom. The number of ether oxygens (including phenoxy) is 1. The molecule has 0 amide bonds. The zero-order valence-corrected chi connectivity index (χ0v) is 18.4. The van der Waals surface area contributed by atoms with Crippen molar-refractivity contribution in [2.24, 2.45) is 0 Å². The number of aromatic nitrogens is 2. The summed E-state index contributed by atoms with van der Waals surface area (Å²) in [5, 5.41) is 4.20. The van der Waals surface area contributed by atoms with Crippen molar-refractivity contribution >= 4 is 11.8 Å². The molecule has 7 heteroatoms. The summed E-state index contributed by atoms with van der Waals surface area (Å²) in [6.07, 6.45) is -0.497. The molecule has 2 heterocycles. The lowest BCUT2D eigenvalue weighted by Gasteiger charge is -2.28. The lowest BCUT2D eigenvalue weighted by Crippen LogP contribution is -2.18. The van der Waals surface area contributed by atoms with E-state index < -0.39 is 11.7 Å². The molecule has 1 aliphatic heterocycles. The first-order chi connectivity index (χ1) is 16.0. The van der Waals surface area contributed by atoms with E-state index in [1.54, 1.807) is 36.3 Å². The molecular formula is C26H21F3N2OS. The Morgan fingerprint density at radius 2 is 1.79 bits per heavy atom. The van der Waals surface area contributed by atoms with E-state index >= 15 is 0 Å². The molecule has 3 aromatic carbocycles. The van der Waals surface area contributed by atoms with Crippen molar-refractivity contribution in [2.45, 2.75) is 29.2 Å². The zero-order chi connectivity index (χ0) is 22.8. The average Bonchev–Trinajstić information content (AvgIpc) is 3.37. The highest BCUT2D eigenvalue weighted by molar-refractivity contribution is 7.98. The molecule has 1 aliphatic rings. The highest BCUT2D eigenvalue weighted by atomic mass is 32.2. The van der Waals surface area contributed by atoms with Crippen LogP contribution in [0.25, 0.3) is 5.69 Å². The van der Waals surface area contributed by atoms with E-state index in [4.69, 9.17) is 4.74 Å². The summed E-state index contributed by atoms with van der Waals surface area (Å²) in [5.41, 5.74) is 2.79. The first-order valence-corrected chi connectivity index (χ1v) is 11.6. The Morgan fingerprint density at radius 3 is 2.55 bits per heavy atom. The van der Waals surface area contributed by atoms with E-state index in [1.807, 2.05) is 30.3 Å². The first-order valence-electron chi connectivity index (χ1n) is 10.6. The zero-order valence-electron chi connectivity index (χ0n) is 17.6. The number of hydrogen-bond donors (Lipinski definition) is 0. The lowest BCUT2D eigenvalue weighted by molar-refractivity contribution is -0.137. The number of nitrogens with zero attached hydrogens (tertiary/aromatic N) is 2. The van der Waals surface area contributed by atoms with E-state index in [9.17, 15) is 13.2 Å². The van der Waals surface area contributed by atoms with Gasteiger partial charge in [-0.3, -0.25) is 0 Å². The van der Waals surface area contributed by atoms with Crippen molar-refractivity contribution in [3.63, 3.8) is 0 Å². The van der Waals surface area contributed by atoms with Crippen LogP contribution in [0.15, 0.2) is 90.1 Å². The van der Waals surface area contributed by atoms with Crippen molar-refractivity contribution in [1.29, 1.82) is 0 Å². The molecule has 168 valence electrons. The van der Waals surface area contributed by atoms with Gasteiger partial charge in [0.1, 0.15) is 5.75 Å². The summed E-state index contributed by atoms with van der Waals surface area (Å²) in [4.78, 5) is 1.10. The summed E-state index contributed by atoms with van der Waals surface area (Å²) in [6.45, 7) is 0.504. The number of benzene rings is 3. The van der Waals surface area contributed by atoms with Crippen LogP contribution in [0, 0.1) is 0 Å². The van der Waals surface area contributed by atoms with Crippen molar-refractivity contribution in [1.82, 2.24) is 9.78 Å². The van der Waals surface area contributed by atoms with Gasteiger partial charge in [-0.05, 0) is 47.9 Å². The normalized spacial score (nSPS) is 15.7. The Bertz CT molecular complexity index is 1240. The molecule has 3 nitrogen and oxygen atoms in total. The minimum Gasteiger partial charge on any atom is -0.493 e. The molecule has 0 aliphatic carbocycles. The molecule has 1 aromatic heterocycles. The van der Waals surface area contributed by atoms with E-state index in [-0.39, 0.29) is 5.92 Å². The molecule has 0 saturated carbocycles. The largest absolute Gasteiger partial charge is 0.493 e. The first kappa shape index (κ1) is 21.6. The summed E-state index contributed by atoms with van der Waals surface area (Å²) >= 11 is 1.73. The van der Waals surface area contributed by atoms with Crippen molar-refractivity contribution in [3.05, 3.63) is 107 Å². The predicted molar refractivity (Wildman–Crippen MR) is 123 cm³/mol. The summed E-state index contributed by atoms with van der Waals surface area (Å²) in [5.74, 6) is 1.56. The van der Waals surface area contributed by atoms with Crippen molar-refractivity contribution in [3.8, 4) is 11.4 Å². The second-order valence-electron chi connectivity index (χ2n) is 7.89. The molecule has 0 N–H and O–H groups in total. The molecular weight excluding hydrogens is 445 g/mol. The van der Waals surface area contributed by atoms with E-state index in [0.717, 1.165) is 33.6 Å². The number of halogens is 3. The highest BCUT2D eigenvalue weighted by Gasteiger charge is 2.33. The van der Waals surface area contributed by atoms with E-state index in [1.165, 1.54) is 16.3 Å². The molecule has 1 atom stereocenters. The molecule has 0 spiro atoms. The smallest absolute Gasteiger partial charge is 0.416 e. The van der Waals surface area contributed by atoms with Gasteiger partial charge in [0.15, 0.2) is 0 Å². The molecule has 33 heavy (non-hydrogen) atoms. The Hall–Kier alpha value is -3.19. The minimum atomic E-state index is -4.42. The second kappa shape index (κ2) is 8.98. The fraction of sp³-hybridized carbons (Fsp3) is 0.192. The van der Waals surface area contributed by atoms with Gasteiger partial charge in [-0.15, -0.1) is 11.8 Å². The third-order valence-electron chi connectivity index (χ3n) is 5.76. The van der Waals surface area contributed by atoms with Crippen LogP contribution in [0.5, 0.6) is 5.75 Å². The molecule has 0 bridgehead atoms. The quantitative estimate of drug-likeness (QED) is 0.294. The SMILES string of the molecule is FC(F)(F)c1ccc(C2CCOc3cc(SCc4ccccc4)ccc32)c(-n2cccn2)c1. The summed E-state index contributed by atoms with van der Waals surface area (Å²) < 4.78 is 47.7. The van der Waals surface area contributed by atoms with Crippen LogP contribution in [0.3, 0.4) is 0 Å². The molecule has 5 rings (SSSR count).